The lowest BCUT2D eigenvalue weighted by atomic mass is 9.77. The van der Waals surface area contributed by atoms with E-state index in [1.165, 1.54) is 21.5 Å². The monoisotopic (exact) mass is 425 g/mol. The van der Waals surface area contributed by atoms with Gasteiger partial charge in [0, 0.05) is 15.3 Å². The summed E-state index contributed by atoms with van der Waals surface area (Å²) in [5, 5.41) is 4.16. The van der Waals surface area contributed by atoms with E-state index in [9.17, 15) is 0 Å². The highest BCUT2D eigenvalue weighted by atomic mass is 28.1. The number of hydrogen-bond donors (Lipinski definition) is 0. The van der Waals surface area contributed by atoms with Crippen molar-refractivity contribution in [2.24, 2.45) is 0 Å². The molecule has 157 valence electrons. The van der Waals surface area contributed by atoms with Crippen molar-refractivity contribution < 1.29 is 9.78 Å². The van der Waals surface area contributed by atoms with Crippen LogP contribution < -0.4 is 0 Å². The predicted molar refractivity (Wildman–Crippen MR) is 130 cm³/mol. The molecule has 4 aromatic rings. The first-order valence-electron chi connectivity index (χ1n) is 10.7. The van der Waals surface area contributed by atoms with E-state index in [0.717, 1.165) is 11.1 Å². The van der Waals surface area contributed by atoms with Gasteiger partial charge in [-0.05, 0) is 67.3 Å². The Bertz CT molecular complexity index is 1140. The molecule has 0 amide bonds. The lowest BCUT2D eigenvalue weighted by Crippen LogP contribution is -2.51. The van der Waals surface area contributed by atoms with Crippen molar-refractivity contribution in [2.75, 3.05) is 0 Å². The van der Waals surface area contributed by atoms with E-state index in [4.69, 9.17) is 9.78 Å². The fourth-order valence-corrected chi connectivity index (χ4v) is 4.35. The third kappa shape index (κ3) is 4.18. The minimum Gasteiger partial charge on any atom is -0.230 e. The van der Waals surface area contributed by atoms with E-state index in [2.05, 4.69) is 109 Å². The summed E-state index contributed by atoms with van der Waals surface area (Å²) in [5.41, 5.74) is 1.08. The third-order valence-corrected chi connectivity index (χ3v) is 6.95. The summed E-state index contributed by atoms with van der Waals surface area (Å²) in [6.07, 6.45) is 0. The topological polar surface area (TPSA) is 18.5 Å². The van der Waals surface area contributed by atoms with Gasteiger partial charge in [-0.25, -0.2) is 9.78 Å². The van der Waals surface area contributed by atoms with Gasteiger partial charge in [0.2, 0.25) is 0 Å². The number of hydrogen-bond acceptors (Lipinski definition) is 2. The molecule has 2 nitrogen and oxygen atoms in total. The first-order valence-corrected chi connectivity index (χ1v) is 11.2. The lowest BCUT2D eigenvalue weighted by Gasteiger charge is -2.45. The van der Waals surface area contributed by atoms with Gasteiger partial charge in [0.05, 0.1) is 5.60 Å². The maximum Gasteiger partial charge on any atom is 0.108 e. The van der Waals surface area contributed by atoms with Gasteiger partial charge in [0.25, 0.3) is 0 Å². The maximum atomic E-state index is 6.14. The van der Waals surface area contributed by atoms with E-state index >= 15 is 0 Å². The Morgan fingerprint density at radius 1 is 0.548 bits per heavy atom. The van der Waals surface area contributed by atoms with Gasteiger partial charge >= 0.3 is 0 Å². The molecule has 31 heavy (non-hydrogen) atoms. The predicted octanol–water partition coefficient (Wildman–Crippen LogP) is 6.93. The summed E-state index contributed by atoms with van der Waals surface area (Å²) in [5.74, 6) is 0. The molecule has 0 unspecified atom stereocenters. The summed E-state index contributed by atoms with van der Waals surface area (Å²) in [6, 6.07) is 30.0. The molecule has 0 spiro atoms. The molecule has 4 aromatic carbocycles. The van der Waals surface area contributed by atoms with Crippen LogP contribution in [0.25, 0.3) is 21.5 Å². The molecule has 0 heterocycles. The molecule has 3 radical (unpaired) electrons. The van der Waals surface area contributed by atoms with Crippen LogP contribution in [0.15, 0.2) is 84.9 Å². The Morgan fingerprint density at radius 2 is 0.968 bits per heavy atom. The second kappa shape index (κ2) is 7.90. The van der Waals surface area contributed by atoms with Crippen molar-refractivity contribution in [1.82, 2.24) is 0 Å². The van der Waals surface area contributed by atoms with Crippen molar-refractivity contribution in [2.45, 2.75) is 50.9 Å². The maximum absolute atomic E-state index is 6.14. The Hall–Kier alpha value is -2.46. The number of fused-ring (bicyclic) bond motifs is 2. The lowest BCUT2D eigenvalue weighted by molar-refractivity contribution is -0.402. The number of benzene rings is 4. The van der Waals surface area contributed by atoms with Crippen molar-refractivity contribution in [3.05, 3.63) is 96.1 Å². The summed E-state index contributed by atoms with van der Waals surface area (Å²) in [7, 11) is 4.23. The van der Waals surface area contributed by atoms with Crippen LogP contribution >= 0.6 is 0 Å². The SMILES string of the molecule is CC(C)(C)OOC(C)(C)C([Si])(c1ccc2ccccc2c1)c1ccc2ccccc2c1. The van der Waals surface area contributed by atoms with Crippen molar-refractivity contribution in [1.29, 1.82) is 0 Å². The Kier molecular flexibility index (Phi) is 5.55. The molecule has 0 aliphatic heterocycles. The summed E-state index contributed by atoms with van der Waals surface area (Å²) in [4.78, 5) is 12.0. The van der Waals surface area contributed by atoms with Gasteiger partial charge in [0.15, 0.2) is 0 Å². The molecule has 0 fully saturated rings. The molecule has 0 bridgehead atoms. The number of rotatable bonds is 5. The normalized spacial score (nSPS) is 13.1. The largest absolute Gasteiger partial charge is 0.230 e. The first-order chi connectivity index (χ1) is 14.6. The molecular weight excluding hydrogens is 396 g/mol. The average molecular weight is 426 g/mol. The molecule has 0 N–H and O–H groups in total. The zero-order valence-electron chi connectivity index (χ0n) is 18.9. The van der Waals surface area contributed by atoms with E-state index in [1.807, 2.05) is 20.8 Å². The smallest absolute Gasteiger partial charge is 0.108 e. The van der Waals surface area contributed by atoms with Gasteiger partial charge in [0.1, 0.15) is 5.60 Å². The molecule has 0 aliphatic carbocycles. The van der Waals surface area contributed by atoms with Crippen LogP contribution in [-0.2, 0) is 14.8 Å². The standard InChI is InChI=1S/C28H29O2Si/c1-26(2,3)29-30-27(4,5)28(31,24-16-14-20-10-6-8-12-22(20)18-24)25-17-15-21-11-7-9-13-23(21)19-25/h6-19H,1-5H3. The third-order valence-electron chi connectivity index (χ3n) is 5.77. The van der Waals surface area contributed by atoms with Gasteiger partial charge in [-0.15, -0.1) is 0 Å². The Balaban J connectivity index is 1.91. The van der Waals surface area contributed by atoms with E-state index in [-0.39, 0.29) is 0 Å². The van der Waals surface area contributed by atoms with Crippen LogP contribution in [0.5, 0.6) is 0 Å². The molecule has 0 atom stereocenters. The van der Waals surface area contributed by atoms with Gasteiger partial charge in [-0.1, -0.05) is 84.9 Å². The molecular formula is C28H29O2Si. The average Bonchev–Trinajstić information content (AvgIpc) is 2.76. The second-order valence-corrected chi connectivity index (χ2v) is 10.4. The fraction of sp³-hybridized carbons (Fsp3) is 0.286. The van der Waals surface area contributed by atoms with Crippen LogP contribution in [0, 0.1) is 0 Å². The highest BCUT2D eigenvalue weighted by Gasteiger charge is 2.47. The van der Waals surface area contributed by atoms with Gasteiger partial charge < -0.3 is 0 Å². The van der Waals surface area contributed by atoms with E-state index < -0.39 is 16.2 Å². The second-order valence-electron chi connectivity index (χ2n) is 9.66. The molecule has 0 aromatic heterocycles. The summed E-state index contributed by atoms with van der Waals surface area (Å²) < 4.78 is 0. The summed E-state index contributed by atoms with van der Waals surface area (Å²) in [6.45, 7) is 10.1. The molecule has 3 heteroatoms. The minimum atomic E-state index is -0.720. The van der Waals surface area contributed by atoms with Crippen LogP contribution in [-0.4, -0.2) is 21.4 Å². The van der Waals surface area contributed by atoms with Crippen molar-refractivity contribution in [3.8, 4) is 0 Å². The fourth-order valence-electron chi connectivity index (χ4n) is 4.00. The van der Waals surface area contributed by atoms with Gasteiger partial charge in [-0.2, -0.15) is 0 Å². The zero-order valence-corrected chi connectivity index (χ0v) is 19.9. The summed E-state index contributed by atoms with van der Waals surface area (Å²) >= 11 is 0. The van der Waals surface area contributed by atoms with E-state index in [0.29, 0.717) is 0 Å². The van der Waals surface area contributed by atoms with Crippen LogP contribution in [0.2, 0.25) is 0 Å². The molecule has 0 saturated carbocycles. The van der Waals surface area contributed by atoms with Crippen molar-refractivity contribution in [3.63, 3.8) is 0 Å². The Labute approximate surface area is 188 Å². The van der Waals surface area contributed by atoms with E-state index in [1.54, 1.807) is 0 Å². The molecule has 4 rings (SSSR count). The van der Waals surface area contributed by atoms with Crippen LogP contribution in [0.4, 0.5) is 0 Å². The highest BCUT2D eigenvalue weighted by Crippen LogP contribution is 2.43. The van der Waals surface area contributed by atoms with Crippen LogP contribution in [0.3, 0.4) is 0 Å². The van der Waals surface area contributed by atoms with Gasteiger partial charge in [-0.3, -0.25) is 0 Å². The van der Waals surface area contributed by atoms with Crippen LogP contribution in [0.1, 0.15) is 45.7 Å². The highest BCUT2D eigenvalue weighted by molar-refractivity contribution is 6.19. The van der Waals surface area contributed by atoms with Crippen molar-refractivity contribution >= 4 is 31.8 Å². The zero-order chi connectivity index (χ0) is 22.3. The molecule has 0 aliphatic rings. The molecule has 0 saturated heterocycles. The quantitative estimate of drug-likeness (QED) is 0.196. The minimum absolute atomic E-state index is 0.419. The first kappa shape index (κ1) is 21.8. The Morgan fingerprint density at radius 3 is 1.39 bits per heavy atom.